The Balaban J connectivity index is 2.45. The lowest BCUT2D eigenvalue weighted by Crippen LogP contribution is -2.25. The van der Waals surface area contributed by atoms with E-state index in [1.807, 2.05) is 13.8 Å². The number of halogens is 1. The monoisotopic (exact) mass is 368 g/mol. The first kappa shape index (κ1) is 19.0. The van der Waals surface area contributed by atoms with E-state index in [9.17, 15) is 9.59 Å². The lowest BCUT2D eigenvalue weighted by atomic mass is 10.2. The Bertz CT molecular complexity index is 791. The summed E-state index contributed by atoms with van der Waals surface area (Å²) in [6, 6.07) is 5.04. The first-order chi connectivity index (χ1) is 11.4. The Morgan fingerprint density at radius 3 is 2.88 bits per heavy atom. The third kappa shape index (κ3) is 4.59. The highest BCUT2D eigenvalue weighted by molar-refractivity contribution is 8.00. The molecule has 1 heterocycles. The Labute approximate surface area is 150 Å². The van der Waals surface area contributed by atoms with E-state index in [1.165, 1.54) is 18.7 Å². The molecule has 0 radical (unpaired) electrons. The summed E-state index contributed by atoms with van der Waals surface area (Å²) in [5.41, 5.74) is 0.429. The van der Waals surface area contributed by atoms with Crippen LogP contribution in [0.3, 0.4) is 0 Å². The average Bonchev–Trinajstić information content (AvgIpc) is 2.53. The second-order valence-electron chi connectivity index (χ2n) is 5.43. The predicted octanol–water partition coefficient (Wildman–Crippen LogP) is 3.55. The molecule has 130 valence electrons. The molecular weight excluding hydrogens is 348 g/mol. The summed E-state index contributed by atoms with van der Waals surface area (Å²) in [5, 5.41) is 1.32. The quantitative estimate of drug-likeness (QED) is 0.405. The predicted molar refractivity (Wildman–Crippen MR) is 98.1 cm³/mol. The fourth-order valence-electron chi connectivity index (χ4n) is 2.17. The van der Waals surface area contributed by atoms with Crippen LogP contribution in [0.2, 0.25) is 5.02 Å². The Kier molecular flexibility index (Phi) is 6.83. The molecule has 2 rings (SSSR count). The Morgan fingerprint density at radius 2 is 2.21 bits per heavy atom. The summed E-state index contributed by atoms with van der Waals surface area (Å²) >= 11 is 7.31. The van der Waals surface area contributed by atoms with Gasteiger partial charge in [0.05, 0.1) is 16.2 Å². The minimum Gasteiger partial charge on any atom is -0.382 e. The number of hydrogen-bond acceptors (Lipinski definition) is 5. The molecule has 0 amide bonds. The van der Waals surface area contributed by atoms with Crippen LogP contribution in [0.15, 0.2) is 28.2 Å². The highest BCUT2D eigenvalue weighted by Crippen LogP contribution is 2.24. The standard InChI is InChI=1S/C17H21ClN2O3S/c1-4-23-9-5-8-20-16(22)14-7-6-13(18)10-15(14)19-17(20)24-12(3)11(2)21/h6-7,10,12H,4-5,8-9H2,1-3H3. The van der Waals surface area contributed by atoms with Crippen LogP contribution in [0.1, 0.15) is 27.2 Å². The van der Waals surface area contributed by atoms with Gasteiger partial charge in [-0.3, -0.25) is 14.2 Å². The molecule has 5 nitrogen and oxygen atoms in total. The SMILES string of the molecule is CCOCCCn1c(SC(C)C(C)=O)nc2cc(Cl)ccc2c1=O. The Hall–Kier alpha value is -1.37. The van der Waals surface area contributed by atoms with Gasteiger partial charge in [0.1, 0.15) is 5.78 Å². The number of carbonyl (C=O) groups excluding carboxylic acids is 1. The number of ketones is 1. The van der Waals surface area contributed by atoms with E-state index >= 15 is 0 Å². The van der Waals surface area contributed by atoms with Crippen molar-refractivity contribution in [3.63, 3.8) is 0 Å². The van der Waals surface area contributed by atoms with E-state index in [4.69, 9.17) is 16.3 Å². The van der Waals surface area contributed by atoms with Gasteiger partial charge in [-0.15, -0.1) is 0 Å². The van der Waals surface area contributed by atoms with Crippen LogP contribution in [0.4, 0.5) is 0 Å². The first-order valence-electron chi connectivity index (χ1n) is 7.89. The highest BCUT2D eigenvalue weighted by Gasteiger charge is 2.17. The molecule has 7 heteroatoms. The van der Waals surface area contributed by atoms with Crippen LogP contribution in [-0.2, 0) is 16.1 Å². The average molecular weight is 369 g/mol. The Morgan fingerprint density at radius 1 is 1.46 bits per heavy atom. The largest absolute Gasteiger partial charge is 0.382 e. The topological polar surface area (TPSA) is 61.2 Å². The van der Waals surface area contributed by atoms with Gasteiger partial charge >= 0.3 is 0 Å². The maximum Gasteiger partial charge on any atom is 0.262 e. The fourth-order valence-corrected chi connectivity index (χ4v) is 3.27. The zero-order chi connectivity index (χ0) is 17.7. The van der Waals surface area contributed by atoms with Gasteiger partial charge in [-0.25, -0.2) is 4.98 Å². The van der Waals surface area contributed by atoms with Crippen LogP contribution < -0.4 is 5.56 Å². The van der Waals surface area contributed by atoms with Crippen molar-refractivity contribution in [3.8, 4) is 0 Å². The molecule has 0 fully saturated rings. The van der Waals surface area contributed by atoms with Crippen molar-refractivity contribution in [2.45, 2.75) is 44.1 Å². The maximum atomic E-state index is 12.8. The molecule has 0 saturated heterocycles. The van der Waals surface area contributed by atoms with E-state index in [0.29, 0.717) is 47.3 Å². The van der Waals surface area contributed by atoms with Gasteiger partial charge < -0.3 is 4.74 Å². The van der Waals surface area contributed by atoms with E-state index in [2.05, 4.69) is 4.98 Å². The van der Waals surface area contributed by atoms with E-state index in [0.717, 1.165) is 0 Å². The summed E-state index contributed by atoms with van der Waals surface area (Å²) in [6.45, 7) is 7.00. The first-order valence-corrected chi connectivity index (χ1v) is 9.14. The number of Topliss-reactive ketones (excluding diaryl/α,β-unsaturated/α-hetero) is 1. The zero-order valence-corrected chi connectivity index (χ0v) is 15.6. The van der Waals surface area contributed by atoms with Crippen molar-refractivity contribution in [1.82, 2.24) is 9.55 Å². The van der Waals surface area contributed by atoms with Crippen molar-refractivity contribution >= 4 is 40.0 Å². The van der Waals surface area contributed by atoms with Gasteiger partial charge in [-0.2, -0.15) is 0 Å². The molecular formula is C17H21ClN2O3S. The third-order valence-electron chi connectivity index (χ3n) is 3.61. The van der Waals surface area contributed by atoms with Crippen LogP contribution in [0.5, 0.6) is 0 Å². The minimum atomic E-state index is -0.272. The number of ether oxygens (including phenoxy) is 1. The third-order valence-corrected chi connectivity index (χ3v) is 5.05. The van der Waals surface area contributed by atoms with Crippen LogP contribution in [0, 0.1) is 0 Å². The summed E-state index contributed by atoms with van der Waals surface area (Å²) in [7, 11) is 0. The van der Waals surface area contributed by atoms with Gasteiger partial charge in [-0.05, 0) is 45.4 Å². The molecule has 0 N–H and O–H groups in total. The van der Waals surface area contributed by atoms with E-state index in [1.54, 1.807) is 22.8 Å². The maximum absolute atomic E-state index is 12.8. The second kappa shape index (κ2) is 8.65. The molecule has 2 aromatic rings. The summed E-state index contributed by atoms with van der Waals surface area (Å²) < 4.78 is 6.97. The van der Waals surface area contributed by atoms with Gasteiger partial charge in [0.25, 0.3) is 5.56 Å². The summed E-state index contributed by atoms with van der Waals surface area (Å²) in [4.78, 5) is 29.0. The van der Waals surface area contributed by atoms with Gasteiger partial charge in [0.15, 0.2) is 5.16 Å². The molecule has 0 spiro atoms. The number of hydrogen-bond donors (Lipinski definition) is 0. The van der Waals surface area contributed by atoms with E-state index < -0.39 is 0 Å². The van der Waals surface area contributed by atoms with Crippen LogP contribution >= 0.6 is 23.4 Å². The zero-order valence-electron chi connectivity index (χ0n) is 14.0. The number of fused-ring (bicyclic) bond motifs is 1. The minimum absolute atomic E-state index is 0.0429. The van der Waals surface area contributed by atoms with Crippen LogP contribution in [0.25, 0.3) is 10.9 Å². The second-order valence-corrected chi connectivity index (χ2v) is 7.18. The molecule has 0 aliphatic heterocycles. The smallest absolute Gasteiger partial charge is 0.262 e. The number of thioether (sulfide) groups is 1. The number of carbonyl (C=O) groups is 1. The molecule has 1 aromatic carbocycles. The number of rotatable bonds is 8. The molecule has 1 aromatic heterocycles. The molecule has 1 unspecified atom stereocenters. The van der Waals surface area contributed by atoms with E-state index in [-0.39, 0.29) is 16.6 Å². The number of aromatic nitrogens is 2. The lowest BCUT2D eigenvalue weighted by Gasteiger charge is -2.15. The van der Waals surface area contributed by atoms with Crippen LogP contribution in [-0.4, -0.2) is 33.8 Å². The normalized spacial score (nSPS) is 12.5. The summed E-state index contributed by atoms with van der Waals surface area (Å²) in [6.07, 6.45) is 0.705. The van der Waals surface area contributed by atoms with Gasteiger partial charge in [0.2, 0.25) is 0 Å². The molecule has 0 aliphatic carbocycles. The van der Waals surface area contributed by atoms with Crippen molar-refractivity contribution in [3.05, 3.63) is 33.6 Å². The molecule has 0 saturated carbocycles. The number of nitrogens with zero attached hydrogens (tertiary/aromatic N) is 2. The van der Waals surface area contributed by atoms with Gasteiger partial charge in [-0.1, -0.05) is 23.4 Å². The molecule has 24 heavy (non-hydrogen) atoms. The highest BCUT2D eigenvalue weighted by atomic mass is 35.5. The van der Waals surface area contributed by atoms with Crippen molar-refractivity contribution in [2.75, 3.05) is 13.2 Å². The molecule has 1 atom stereocenters. The number of benzene rings is 1. The van der Waals surface area contributed by atoms with Crippen molar-refractivity contribution in [2.24, 2.45) is 0 Å². The molecule has 0 bridgehead atoms. The lowest BCUT2D eigenvalue weighted by molar-refractivity contribution is -0.116. The van der Waals surface area contributed by atoms with Crippen molar-refractivity contribution < 1.29 is 9.53 Å². The summed E-state index contributed by atoms with van der Waals surface area (Å²) in [5.74, 6) is 0.0429. The fraction of sp³-hybridized carbons (Fsp3) is 0.471. The van der Waals surface area contributed by atoms with Gasteiger partial charge in [0, 0.05) is 24.8 Å². The molecule has 0 aliphatic rings. The van der Waals surface area contributed by atoms with Crippen molar-refractivity contribution in [1.29, 1.82) is 0 Å².